The van der Waals surface area contributed by atoms with Crippen LogP contribution in [0.15, 0.2) is 12.4 Å². The molecule has 3 saturated heterocycles. The number of methoxy groups -OCH3 is 1. The van der Waals surface area contributed by atoms with E-state index in [1.807, 2.05) is 0 Å². The van der Waals surface area contributed by atoms with E-state index in [9.17, 15) is 8.42 Å². The molecule has 27 heavy (non-hydrogen) atoms. The molecule has 4 rings (SSSR count). The van der Waals surface area contributed by atoms with Gasteiger partial charge in [-0.1, -0.05) is 6.42 Å². The van der Waals surface area contributed by atoms with Crippen molar-refractivity contribution in [3.8, 4) is 5.75 Å². The first-order valence-electron chi connectivity index (χ1n) is 9.76. The Hall–Kier alpha value is -1.45. The average Bonchev–Trinajstić information content (AvgIpc) is 2.67. The van der Waals surface area contributed by atoms with Gasteiger partial charge in [-0.2, -0.15) is 0 Å². The Morgan fingerprint density at radius 1 is 1.22 bits per heavy atom. The Balaban J connectivity index is 1.56. The van der Waals surface area contributed by atoms with E-state index in [4.69, 9.17) is 4.74 Å². The van der Waals surface area contributed by atoms with Crippen molar-refractivity contribution in [3.63, 3.8) is 0 Å². The van der Waals surface area contributed by atoms with Crippen LogP contribution in [0.1, 0.15) is 25.7 Å². The molecule has 150 valence electrons. The van der Waals surface area contributed by atoms with Gasteiger partial charge in [0.2, 0.25) is 16.0 Å². The van der Waals surface area contributed by atoms with E-state index in [-0.39, 0.29) is 6.04 Å². The number of anilines is 1. The average molecular weight is 396 g/mol. The lowest BCUT2D eigenvalue weighted by atomic mass is 9.72. The van der Waals surface area contributed by atoms with Crippen molar-refractivity contribution in [2.45, 2.75) is 37.8 Å². The summed E-state index contributed by atoms with van der Waals surface area (Å²) in [5.74, 6) is 2.40. The van der Waals surface area contributed by atoms with Crippen LogP contribution in [-0.2, 0) is 10.0 Å². The molecule has 9 heteroatoms. The predicted octanol–water partition coefficient (Wildman–Crippen LogP) is 0.714. The van der Waals surface area contributed by atoms with Crippen molar-refractivity contribution in [2.75, 3.05) is 44.4 Å². The topological polar surface area (TPSA) is 87.7 Å². The molecule has 1 aromatic rings. The number of hydrogen-bond acceptors (Lipinski definition) is 7. The second-order valence-electron chi connectivity index (χ2n) is 8.07. The number of piperidine rings is 3. The quantitative estimate of drug-likeness (QED) is 0.786. The largest absolute Gasteiger partial charge is 0.494 e. The number of hydrogen-bond donors (Lipinski definition) is 1. The summed E-state index contributed by atoms with van der Waals surface area (Å²) in [6.45, 7) is 3.40. The molecule has 0 amide bonds. The number of ether oxygens (including phenoxy) is 1. The highest BCUT2D eigenvalue weighted by Crippen LogP contribution is 2.41. The molecule has 1 N–H and O–H groups in total. The van der Waals surface area contributed by atoms with Gasteiger partial charge in [0.15, 0.2) is 5.75 Å². The van der Waals surface area contributed by atoms with Crippen LogP contribution >= 0.6 is 0 Å². The SMILES string of the molecule is COc1cnc(N2C[C@H]3C[C@@H](C2)[C@H](CNS(C)(=O)=O)N2CCCC[C@@H]32)nc1. The van der Waals surface area contributed by atoms with Gasteiger partial charge < -0.3 is 9.64 Å². The Morgan fingerprint density at radius 3 is 2.67 bits per heavy atom. The molecule has 0 aromatic carbocycles. The van der Waals surface area contributed by atoms with Crippen LogP contribution in [0.3, 0.4) is 0 Å². The van der Waals surface area contributed by atoms with Gasteiger partial charge >= 0.3 is 0 Å². The highest BCUT2D eigenvalue weighted by molar-refractivity contribution is 7.88. The van der Waals surface area contributed by atoms with Crippen molar-refractivity contribution in [2.24, 2.45) is 11.8 Å². The second kappa shape index (κ2) is 7.52. The van der Waals surface area contributed by atoms with Gasteiger partial charge in [0.05, 0.1) is 25.8 Å². The number of fused-ring (bicyclic) bond motifs is 4. The lowest BCUT2D eigenvalue weighted by molar-refractivity contribution is -0.0296. The zero-order valence-electron chi connectivity index (χ0n) is 16.0. The molecule has 4 atom stereocenters. The van der Waals surface area contributed by atoms with Crippen LogP contribution in [-0.4, -0.2) is 74.9 Å². The van der Waals surface area contributed by atoms with E-state index in [1.54, 1.807) is 19.5 Å². The van der Waals surface area contributed by atoms with Gasteiger partial charge in [-0.05, 0) is 37.6 Å². The van der Waals surface area contributed by atoms with Crippen molar-refractivity contribution in [1.82, 2.24) is 19.6 Å². The van der Waals surface area contributed by atoms with Gasteiger partial charge in [0.25, 0.3) is 0 Å². The van der Waals surface area contributed by atoms with Crippen molar-refractivity contribution >= 4 is 16.0 Å². The molecule has 3 aliphatic heterocycles. The third-order valence-electron chi connectivity index (χ3n) is 6.31. The van der Waals surface area contributed by atoms with E-state index in [1.165, 1.54) is 25.5 Å². The van der Waals surface area contributed by atoms with E-state index in [2.05, 4.69) is 24.5 Å². The number of nitrogens with one attached hydrogen (secondary N) is 1. The maximum Gasteiger partial charge on any atom is 0.225 e. The van der Waals surface area contributed by atoms with Crippen molar-refractivity contribution < 1.29 is 13.2 Å². The summed E-state index contributed by atoms with van der Waals surface area (Å²) in [4.78, 5) is 13.8. The minimum atomic E-state index is -3.19. The monoisotopic (exact) mass is 395 g/mol. The molecule has 2 bridgehead atoms. The molecule has 0 unspecified atom stereocenters. The summed E-state index contributed by atoms with van der Waals surface area (Å²) in [5.41, 5.74) is 0. The lowest BCUT2D eigenvalue weighted by Crippen LogP contribution is -2.65. The third-order valence-corrected chi connectivity index (χ3v) is 7.00. The third kappa shape index (κ3) is 4.05. The molecule has 0 radical (unpaired) electrons. The minimum Gasteiger partial charge on any atom is -0.494 e. The van der Waals surface area contributed by atoms with Gasteiger partial charge in [0.1, 0.15) is 0 Å². The van der Waals surface area contributed by atoms with Crippen LogP contribution in [0.4, 0.5) is 5.95 Å². The zero-order chi connectivity index (χ0) is 19.0. The molecule has 3 fully saturated rings. The van der Waals surface area contributed by atoms with Gasteiger partial charge in [-0.25, -0.2) is 23.1 Å². The van der Waals surface area contributed by atoms with E-state index in [0.717, 1.165) is 32.0 Å². The fraction of sp³-hybridized carbons (Fsp3) is 0.778. The summed E-state index contributed by atoms with van der Waals surface area (Å²) < 4.78 is 31.3. The predicted molar refractivity (Wildman–Crippen MR) is 103 cm³/mol. The highest BCUT2D eigenvalue weighted by atomic mass is 32.2. The molecular weight excluding hydrogens is 366 g/mol. The fourth-order valence-electron chi connectivity index (χ4n) is 5.17. The first-order chi connectivity index (χ1) is 12.9. The van der Waals surface area contributed by atoms with Crippen LogP contribution in [0.25, 0.3) is 0 Å². The summed E-state index contributed by atoms with van der Waals surface area (Å²) in [6, 6.07) is 0.768. The zero-order valence-corrected chi connectivity index (χ0v) is 16.9. The van der Waals surface area contributed by atoms with E-state index in [0.29, 0.717) is 30.2 Å². The van der Waals surface area contributed by atoms with Crippen LogP contribution in [0.2, 0.25) is 0 Å². The Morgan fingerprint density at radius 2 is 1.96 bits per heavy atom. The normalized spacial score (nSPS) is 31.4. The number of nitrogens with zero attached hydrogens (tertiary/aromatic N) is 4. The molecule has 0 saturated carbocycles. The first-order valence-corrected chi connectivity index (χ1v) is 11.6. The highest BCUT2D eigenvalue weighted by Gasteiger charge is 2.47. The summed E-state index contributed by atoms with van der Waals surface area (Å²) >= 11 is 0. The molecule has 0 aliphatic carbocycles. The van der Waals surface area contributed by atoms with Crippen molar-refractivity contribution in [1.29, 1.82) is 0 Å². The van der Waals surface area contributed by atoms with Gasteiger partial charge in [0, 0.05) is 31.7 Å². The molecule has 4 heterocycles. The Bertz CT molecular complexity index is 757. The number of rotatable bonds is 5. The van der Waals surface area contributed by atoms with E-state index >= 15 is 0 Å². The maximum absolute atomic E-state index is 11.7. The first kappa shape index (κ1) is 18.9. The lowest BCUT2D eigenvalue weighted by Gasteiger charge is -2.56. The molecule has 0 spiro atoms. The fourth-order valence-corrected chi connectivity index (χ4v) is 5.64. The maximum atomic E-state index is 11.7. The Kier molecular flexibility index (Phi) is 5.26. The second-order valence-corrected chi connectivity index (χ2v) is 9.91. The van der Waals surface area contributed by atoms with Gasteiger partial charge in [-0.3, -0.25) is 4.90 Å². The van der Waals surface area contributed by atoms with Crippen LogP contribution in [0, 0.1) is 11.8 Å². The molecule has 1 aromatic heterocycles. The van der Waals surface area contributed by atoms with Gasteiger partial charge in [-0.15, -0.1) is 0 Å². The summed E-state index contributed by atoms with van der Waals surface area (Å²) in [7, 11) is -1.58. The number of sulfonamides is 1. The number of aromatic nitrogens is 2. The van der Waals surface area contributed by atoms with Crippen molar-refractivity contribution in [3.05, 3.63) is 12.4 Å². The van der Waals surface area contributed by atoms with E-state index < -0.39 is 10.0 Å². The molecule has 3 aliphatic rings. The summed E-state index contributed by atoms with van der Waals surface area (Å²) in [5, 5.41) is 0. The molecular formula is C18H29N5O3S. The Labute approximate surface area is 161 Å². The van der Waals surface area contributed by atoms with Crippen LogP contribution in [0.5, 0.6) is 5.75 Å². The minimum absolute atomic E-state index is 0.238. The van der Waals surface area contributed by atoms with Crippen LogP contribution < -0.4 is 14.4 Å². The standard InChI is InChI=1S/C18H29N5O3S/c1-26-15-8-19-18(20-9-15)22-11-13-7-14(12-22)17(10-21-27(2,24)25)23-6-4-3-5-16(13)23/h8-9,13-14,16-17,21H,3-7,10-12H2,1-2H3/t13-,14+,16+,17+/m1/s1. The molecule has 8 nitrogen and oxygen atoms in total. The smallest absolute Gasteiger partial charge is 0.225 e. The summed E-state index contributed by atoms with van der Waals surface area (Å²) in [6.07, 6.45) is 9.48.